The van der Waals surface area contributed by atoms with Gasteiger partial charge in [-0.15, -0.1) is 11.6 Å². The number of rotatable bonds is 4. The Hall–Kier alpha value is -2.29. The minimum absolute atomic E-state index is 0.0457. The molecule has 6 nitrogen and oxygen atoms in total. The lowest BCUT2D eigenvalue weighted by Gasteiger charge is -2.38. The highest BCUT2D eigenvalue weighted by Gasteiger charge is 2.49. The number of esters is 1. The number of carbonyl (C=O) groups excluding carboxylic acids is 1. The standard InChI is InChI=1S/C19H22ClF3N2O4/c1-10(2)18(16(27)29-11(3)4)9-12(6-7-13(18)20)25-15(26)8-14(19(21,22)23)24(5)17(25)28/h6-11,13H,1-5H3. The van der Waals surface area contributed by atoms with Crippen molar-refractivity contribution >= 4 is 23.3 Å². The average Bonchev–Trinajstić information content (AvgIpc) is 2.57. The molecule has 10 heteroatoms. The summed E-state index contributed by atoms with van der Waals surface area (Å²) in [5.41, 5.74) is -5.18. The molecule has 0 bridgehead atoms. The van der Waals surface area contributed by atoms with E-state index in [9.17, 15) is 27.6 Å². The molecule has 0 fully saturated rings. The van der Waals surface area contributed by atoms with Gasteiger partial charge in [0.05, 0.1) is 17.2 Å². The Balaban J connectivity index is 2.76. The zero-order valence-electron chi connectivity index (χ0n) is 16.6. The summed E-state index contributed by atoms with van der Waals surface area (Å²) >= 11 is 6.41. The van der Waals surface area contributed by atoms with Crippen molar-refractivity contribution in [3.05, 3.63) is 50.8 Å². The number of hydrogen-bond donors (Lipinski definition) is 0. The van der Waals surface area contributed by atoms with Crippen LogP contribution in [0.15, 0.2) is 33.9 Å². The van der Waals surface area contributed by atoms with Crippen LogP contribution in [-0.4, -0.2) is 26.6 Å². The highest BCUT2D eigenvalue weighted by Crippen LogP contribution is 2.43. The fraction of sp³-hybridized carbons (Fsp3) is 0.526. The highest BCUT2D eigenvalue weighted by atomic mass is 35.5. The van der Waals surface area contributed by atoms with E-state index in [4.69, 9.17) is 16.3 Å². The lowest BCUT2D eigenvalue weighted by molar-refractivity contribution is -0.159. The van der Waals surface area contributed by atoms with Crippen LogP contribution in [0.2, 0.25) is 0 Å². The number of allylic oxidation sites excluding steroid dienone is 3. The maximum absolute atomic E-state index is 13.1. The van der Waals surface area contributed by atoms with Crippen molar-refractivity contribution in [2.45, 2.75) is 45.4 Å². The van der Waals surface area contributed by atoms with Gasteiger partial charge in [-0.1, -0.05) is 19.9 Å². The van der Waals surface area contributed by atoms with Crippen molar-refractivity contribution in [1.29, 1.82) is 0 Å². The Labute approximate surface area is 170 Å². The van der Waals surface area contributed by atoms with E-state index in [-0.39, 0.29) is 5.70 Å². The van der Waals surface area contributed by atoms with Crippen molar-refractivity contribution in [3.8, 4) is 0 Å². The highest BCUT2D eigenvalue weighted by molar-refractivity contribution is 6.24. The van der Waals surface area contributed by atoms with Crippen LogP contribution in [0.3, 0.4) is 0 Å². The molecule has 2 rings (SSSR count). The summed E-state index contributed by atoms with van der Waals surface area (Å²) < 4.78 is 45.5. The zero-order valence-corrected chi connectivity index (χ0v) is 17.3. The second-order valence-corrected chi connectivity index (χ2v) is 7.88. The zero-order chi connectivity index (χ0) is 22.3. The molecule has 1 aliphatic rings. The normalized spacial score (nSPS) is 22.2. The Kier molecular flexibility index (Phi) is 6.23. The van der Waals surface area contributed by atoms with Crippen molar-refractivity contribution in [2.75, 3.05) is 0 Å². The molecule has 29 heavy (non-hydrogen) atoms. The minimum Gasteiger partial charge on any atom is -0.462 e. The third kappa shape index (κ3) is 4.05. The van der Waals surface area contributed by atoms with Gasteiger partial charge in [0.1, 0.15) is 11.1 Å². The number of alkyl halides is 4. The minimum atomic E-state index is -4.87. The van der Waals surface area contributed by atoms with Gasteiger partial charge in [-0.2, -0.15) is 13.2 Å². The molecule has 0 saturated heterocycles. The topological polar surface area (TPSA) is 70.3 Å². The van der Waals surface area contributed by atoms with E-state index in [1.807, 2.05) is 0 Å². The molecule has 1 heterocycles. The van der Waals surface area contributed by atoms with Crippen LogP contribution in [0.1, 0.15) is 33.4 Å². The van der Waals surface area contributed by atoms with Crippen LogP contribution < -0.4 is 11.2 Å². The molecule has 1 aliphatic carbocycles. The summed E-state index contributed by atoms with van der Waals surface area (Å²) in [6.45, 7) is 6.76. The summed E-state index contributed by atoms with van der Waals surface area (Å²) in [6, 6.07) is 0.340. The van der Waals surface area contributed by atoms with Gasteiger partial charge >= 0.3 is 17.8 Å². The third-order valence-corrected chi connectivity index (χ3v) is 5.31. The molecule has 0 spiro atoms. The summed E-state index contributed by atoms with van der Waals surface area (Å²) in [5, 5.41) is -0.841. The molecule has 2 unspecified atom stereocenters. The number of hydrogen-bond acceptors (Lipinski definition) is 4. The summed E-state index contributed by atoms with van der Waals surface area (Å²) in [5.74, 6) is -1.05. The Bertz CT molecular complexity index is 989. The molecule has 0 radical (unpaired) electrons. The largest absolute Gasteiger partial charge is 0.462 e. The van der Waals surface area contributed by atoms with Crippen LogP contribution in [0.25, 0.3) is 5.70 Å². The maximum Gasteiger partial charge on any atom is 0.431 e. The van der Waals surface area contributed by atoms with E-state index in [0.717, 1.165) is 7.05 Å². The molecule has 0 aromatic carbocycles. The molecule has 2 atom stereocenters. The number of aromatic nitrogens is 2. The number of ether oxygens (including phenoxy) is 1. The van der Waals surface area contributed by atoms with E-state index < -0.39 is 51.9 Å². The summed E-state index contributed by atoms with van der Waals surface area (Å²) in [6.07, 6.45) is -1.23. The fourth-order valence-electron chi connectivity index (χ4n) is 3.20. The van der Waals surface area contributed by atoms with Crippen molar-refractivity contribution in [3.63, 3.8) is 0 Å². The predicted octanol–water partition coefficient (Wildman–Crippen LogP) is 3.18. The second kappa shape index (κ2) is 7.85. The first-order valence-corrected chi connectivity index (χ1v) is 9.34. The lowest BCUT2D eigenvalue weighted by atomic mass is 9.71. The SMILES string of the molecule is CC(C)OC(=O)C1(C(C)C)C=C(n2c(=O)cc(C(F)(F)F)n(C)c2=O)C=CC1Cl. The van der Waals surface area contributed by atoms with Gasteiger partial charge in [-0.05, 0) is 31.9 Å². The molecule has 0 amide bonds. The molecular formula is C19H22ClF3N2O4. The van der Waals surface area contributed by atoms with E-state index >= 15 is 0 Å². The van der Waals surface area contributed by atoms with Gasteiger partial charge in [0, 0.05) is 13.1 Å². The third-order valence-electron chi connectivity index (χ3n) is 4.80. The first-order valence-electron chi connectivity index (χ1n) is 8.90. The first kappa shape index (κ1) is 23.0. The molecule has 1 aromatic heterocycles. The summed E-state index contributed by atoms with van der Waals surface area (Å²) in [7, 11) is 0.918. The Morgan fingerprint density at radius 3 is 2.31 bits per heavy atom. The Morgan fingerprint density at radius 2 is 1.83 bits per heavy atom. The molecule has 160 valence electrons. The Morgan fingerprint density at radius 1 is 1.24 bits per heavy atom. The monoisotopic (exact) mass is 434 g/mol. The molecule has 0 saturated carbocycles. The molecule has 0 aliphatic heterocycles. The maximum atomic E-state index is 13.1. The average molecular weight is 435 g/mol. The number of nitrogens with zero attached hydrogens (tertiary/aromatic N) is 2. The fourth-order valence-corrected chi connectivity index (χ4v) is 3.67. The van der Waals surface area contributed by atoms with E-state index in [1.165, 1.54) is 18.2 Å². The number of halogens is 4. The second-order valence-electron chi connectivity index (χ2n) is 7.41. The first-order chi connectivity index (χ1) is 13.2. The van der Waals surface area contributed by atoms with Gasteiger partial charge in [-0.25, -0.2) is 9.36 Å². The summed E-state index contributed by atoms with van der Waals surface area (Å²) in [4.78, 5) is 37.8. The van der Waals surface area contributed by atoms with E-state index in [1.54, 1.807) is 27.7 Å². The van der Waals surface area contributed by atoms with Crippen molar-refractivity contribution < 1.29 is 22.7 Å². The lowest BCUT2D eigenvalue weighted by Crippen LogP contribution is -2.47. The van der Waals surface area contributed by atoms with Crippen LogP contribution in [0, 0.1) is 11.3 Å². The van der Waals surface area contributed by atoms with Crippen LogP contribution >= 0.6 is 11.6 Å². The van der Waals surface area contributed by atoms with Crippen molar-refractivity contribution in [2.24, 2.45) is 18.4 Å². The molecular weight excluding hydrogens is 413 g/mol. The van der Waals surface area contributed by atoms with Crippen molar-refractivity contribution in [1.82, 2.24) is 9.13 Å². The van der Waals surface area contributed by atoms with Gasteiger partial charge < -0.3 is 4.74 Å². The number of carbonyl (C=O) groups is 1. The smallest absolute Gasteiger partial charge is 0.431 e. The quantitative estimate of drug-likeness (QED) is 0.539. The van der Waals surface area contributed by atoms with E-state index in [2.05, 4.69) is 0 Å². The van der Waals surface area contributed by atoms with Gasteiger partial charge in [0.15, 0.2) is 0 Å². The van der Waals surface area contributed by atoms with Gasteiger partial charge in [0.2, 0.25) is 0 Å². The van der Waals surface area contributed by atoms with Gasteiger partial charge in [0.25, 0.3) is 5.56 Å². The van der Waals surface area contributed by atoms with Crippen LogP contribution in [0.5, 0.6) is 0 Å². The molecule has 1 aromatic rings. The van der Waals surface area contributed by atoms with E-state index in [0.29, 0.717) is 15.2 Å². The van der Waals surface area contributed by atoms with Gasteiger partial charge in [-0.3, -0.25) is 14.2 Å². The van der Waals surface area contributed by atoms with Crippen LogP contribution in [0.4, 0.5) is 13.2 Å². The predicted molar refractivity (Wildman–Crippen MR) is 102 cm³/mol. The van der Waals surface area contributed by atoms with Crippen LogP contribution in [-0.2, 0) is 22.8 Å². The molecule has 0 N–H and O–H groups in total.